The van der Waals surface area contributed by atoms with E-state index in [0.717, 1.165) is 72.0 Å². The Bertz CT molecular complexity index is 1320. The Morgan fingerprint density at radius 2 is 1.82 bits per heavy atom. The Hall–Kier alpha value is -3.02. The van der Waals surface area contributed by atoms with Crippen LogP contribution in [-0.4, -0.2) is 42.3 Å². The van der Waals surface area contributed by atoms with Crippen molar-refractivity contribution in [1.82, 2.24) is 14.9 Å². The maximum Gasteiger partial charge on any atom is 0.142 e. The minimum atomic E-state index is 0.712. The molecule has 1 saturated heterocycles. The van der Waals surface area contributed by atoms with E-state index in [0.29, 0.717) is 10.9 Å². The van der Waals surface area contributed by atoms with Gasteiger partial charge in [-0.05, 0) is 60.2 Å². The molecule has 0 bridgehead atoms. The van der Waals surface area contributed by atoms with E-state index in [9.17, 15) is 0 Å². The third-order valence-corrected chi connectivity index (χ3v) is 7.26. The third-order valence-electron chi connectivity index (χ3n) is 6.95. The second-order valence-corrected chi connectivity index (χ2v) is 9.75. The van der Waals surface area contributed by atoms with Gasteiger partial charge in [-0.2, -0.15) is 0 Å². The quantitative estimate of drug-likeness (QED) is 0.387. The SMILES string of the molecule is Cn1c(-c2ccc(N3CCNCC3)cc2)c(-c2cccc(OCC3CC3)c2)c2c(Cl)ccnc21. The summed E-state index contributed by atoms with van der Waals surface area (Å²) in [6, 6.07) is 19.2. The molecule has 0 atom stereocenters. The number of benzene rings is 2. The zero-order valence-electron chi connectivity index (χ0n) is 19.4. The van der Waals surface area contributed by atoms with E-state index in [2.05, 4.69) is 69.3 Å². The molecule has 4 aromatic rings. The highest BCUT2D eigenvalue weighted by molar-refractivity contribution is 6.37. The van der Waals surface area contributed by atoms with Crippen molar-refractivity contribution in [3.63, 3.8) is 0 Å². The van der Waals surface area contributed by atoms with Gasteiger partial charge < -0.3 is 19.5 Å². The molecule has 2 aromatic heterocycles. The number of ether oxygens (including phenoxy) is 1. The van der Waals surface area contributed by atoms with Crippen LogP contribution in [0.2, 0.25) is 5.02 Å². The highest BCUT2D eigenvalue weighted by atomic mass is 35.5. The number of hydrogen-bond donors (Lipinski definition) is 1. The van der Waals surface area contributed by atoms with Crippen LogP contribution in [0.25, 0.3) is 33.4 Å². The van der Waals surface area contributed by atoms with Crippen molar-refractivity contribution in [2.75, 3.05) is 37.7 Å². The molecule has 6 rings (SSSR count). The van der Waals surface area contributed by atoms with Crippen molar-refractivity contribution in [3.8, 4) is 28.1 Å². The number of aromatic nitrogens is 2. The van der Waals surface area contributed by atoms with Gasteiger partial charge in [0, 0.05) is 56.1 Å². The molecule has 0 unspecified atom stereocenters. The number of hydrogen-bond acceptors (Lipinski definition) is 4. The standard InChI is InChI=1S/C28H29ClN4O/c1-32-27(20-7-9-22(10-8-20)33-15-13-30-14-16-33)25(26-24(29)11-12-31-28(26)32)21-3-2-4-23(17-21)34-18-19-5-6-19/h2-4,7-12,17,19,30H,5-6,13-16,18H2,1H3. The highest BCUT2D eigenvalue weighted by Gasteiger charge is 2.24. The summed E-state index contributed by atoms with van der Waals surface area (Å²) in [7, 11) is 2.07. The van der Waals surface area contributed by atoms with Gasteiger partial charge in [0.2, 0.25) is 0 Å². The van der Waals surface area contributed by atoms with Gasteiger partial charge in [0.15, 0.2) is 0 Å². The van der Waals surface area contributed by atoms with Gasteiger partial charge in [-0.1, -0.05) is 35.9 Å². The maximum atomic E-state index is 6.77. The molecule has 3 heterocycles. The number of pyridine rings is 1. The Morgan fingerprint density at radius 3 is 2.59 bits per heavy atom. The highest BCUT2D eigenvalue weighted by Crippen LogP contribution is 2.43. The van der Waals surface area contributed by atoms with Crippen LogP contribution in [0.4, 0.5) is 5.69 Å². The second kappa shape index (κ2) is 8.97. The lowest BCUT2D eigenvalue weighted by atomic mass is 9.98. The fourth-order valence-electron chi connectivity index (χ4n) is 4.92. The van der Waals surface area contributed by atoms with Gasteiger partial charge >= 0.3 is 0 Å². The van der Waals surface area contributed by atoms with Crippen molar-refractivity contribution in [2.45, 2.75) is 12.8 Å². The number of nitrogens with zero attached hydrogens (tertiary/aromatic N) is 3. The van der Waals surface area contributed by atoms with E-state index >= 15 is 0 Å². The molecule has 1 aliphatic carbocycles. The smallest absolute Gasteiger partial charge is 0.142 e. The molecule has 0 amide bonds. The number of rotatable bonds is 6. The fraction of sp³-hybridized carbons (Fsp3) is 0.321. The minimum Gasteiger partial charge on any atom is -0.493 e. The molecule has 2 aliphatic rings. The second-order valence-electron chi connectivity index (χ2n) is 9.34. The summed E-state index contributed by atoms with van der Waals surface area (Å²) >= 11 is 6.77. The lowest BCUT2D eigenvalue weighted by Crippen LogP contribution is -2.43. The average Bonchev–Trinajstić information content (AvgIpc) is 3.66. The summed E-state index contributed by atoms with van der Waals surface area (Å²) in [6.45, 7) is 4.91. The molecule has 0 spiro atoms. The summed E-state index contributed by atoms with van der Waals surface area (Å²) in [5, 5.41) is 5.11. The Labute approximate surface area is 205 Å². The zero-order valence-corrected chi connectivity index (χ0v) is 20.2. The van der Waals surface area contributed by atoms with Crippen LogP contribution in [0.15, 0.2) is 60.8 Å². The van der Waals surface area contributed by atoms with E-state index in [1.165, 1.54) is 18.5 Å². The van der Waals surface area contributed by atoms with Crippen molar-refractivity contribution in [1.29, 1.82) is 0 Å². The molecule has 6 heteroatoms. The van der Waals surface area contributed by atoms with Crippen LogP contribution in [0.1, 0.15) is 12.8 Å². The maximum absolute atomic E-state index is 6.77. The van der Waals surface area contributed by atoms with Crippen LogP contribution >= 0.6 is 11.6 Å². The molecular formula is C28H29ClN4O. The molecule has 34 heavy (non-hydrogen) atoms. The van der Waals surface area contributed by atoms with Gasteiger partial charge in [-0.25, -0.2) is 4.98 Å². The van der Waals surface area contributed by atoms with Gasteiger partial charge in [0.25, 0.3) is 0 Å². The van der Waals surface area contributed by atoms with Crippen LogP contribution in [0.5, 0.6) is 5.75 Å². The first kappa shape index (κ1) is 21.5. The Kier molecular flexibility index (Phi) is 5.67. The van der Waals surface area contributed by atoms with Gasteiger partial charge in [0.1, 0.15) is 11.4 Å². The van der Waals surface area contributed by atoms with Crippen molar-refractivity contribution >= 4 is 28.3 Å². The molecule has 5 nitrogen and oxygen atoms in total. The third kappa shape index (κ3) is 4.04. The first-order valence-electron chi connectivity index (χ1n) is 12.1. The average molecular weight is 473 g/mol. The molecule has 1 aliphatic heterocycles. The number of fused-ring (bicyclic) bond motifs is 1. The Balaban J connectivity index is 1.46. The largest absolute Gasteiger partial charge is 0.493 e. The minimum absolute atomic E-state index is 0.712. The van der Waals surface area contributed by atoms with Crippen LogP contribution in [0, 0.1) is 5.92 Å². The molecule has 1 saturated carbocycles. The lowest BCUT2D eigenvalue weighted by molar-refractivity contribution is 0.300. The molecule has 1 N–H and O–H groups in total. The molecule has 2 fully saturated rings. The predicted octanol–water partition coefficient (Wildman–Crippen LogP) is 5.76. The summed E-state index contributed by atoms with van der Waals surface area (Å²) in [6.07, 6.45) is 4.33. The molecular weight excluding hydrogens is 444 g/mol. The van der Waals surface area contributed by atoms with Crippen LogP contribution in [-0.2, 0) is 7.05 Å². The fourth-order valence-corrected chi connectivity index (χ4v) is 5.15. The number of nitrogens with one attached hydrogen (secondary N) is 1. The summed E-state index contributed by atoms with van der Waals surface area (Å²) in [5.41, 5.74) is 6.60. The van der Waals surface area contributed by atoms with Crippen molar-refractivity contribution in [2.24, 2.45) is 13.0 Å². The molecule has 0 radical (unpaired) electrons. The summed E-state index contributed by atoms with van der Waals surface area (Å²) in [5.74, 6) is 1.62. The van der Waals surface area contributed by atoms with Crippen molar-refractivity contribution in [3.05, 3.63) is 65.8 Å². The molecule has 174 valence electrons. The number of halogens is 1. The van der Waals surface area contributed by atoms with E-state index in [1.807, 2.05) is 12.1 Å². The van der Waals surface area contributed by atoms with E-state index < -0.39 is 0 Å². The van der Waals surface area contributed by atoms with Crippen LogP contribution in [0.3, 0.4) is 0 Å². The predicted molar refractivity (Wildman–Crippen MR) is 140 cm³/mol. The number of piperazine rings is 1. The number of aryl methyl sites for hydroxylation is 1. The van der Waals surface area contributed by atoms with E-state index in [4.69, 9.17) is 16.3 Å². The zero-order chi connectivity index (χ0) is 23.1. The van der Waals surface area contributed by atoms with Crippen molar-refractivity contribution < 1.29 is 4.74 Å². The summed E-state index contributed by atoms with van der Waals surface area (Å²) < 4.78 is 8.26. The summed E-state index contributed by atoms with van der Waals surface area (Å²) in [4.78, 5) is 7.12. The van der Waals surface area contributed by atoms with Gasteiger partial charge in [-0.3, -0.25) is 0 Å². The first-order valence-corrected chi connectivity index (χ1v) is 12.5. The van der Waals surface area contributed by atoms with Gasteiger partial charge in [0.05, 0.1) is 17.3 Å². The lowest BCUT2D eigenvalue weighted by Gasteiger charge is -2.29. The Morgan fingerprint density at radius 1 is 1.03 bits per heavy atom. The monoisotopic (exact) mass is 472 g/mol. The number of anilines is 1. The topological polar surface area (TPSA) is 42.3 Å². The van der Waals surface area contributed by atoms with Gasteiger partial charge in [-0.15, -0.1) is 0 Å². The normalized spacial score (nSPS) is 16.2. The molecule has 2 aromatic carbocycles. The van der Waals surface area contributed by atoms with E-state index in [-0.39, 0.29) is 0 Å². The van der Waals surface area contributed by atoms with E-state index in [1.54, 1.807) is 6.20 Å². The van der Waals surface area contributed by atoms with Crippen LogP contribution < -0.4 is 15.0 Å². The first-order chi connectivity index (χ1) is 16.7.